The number of benzene rings is 2. The quantitative estimate of drug-likeness (QED) is 0.827. The number of nitrogens with zero attached hydrogens (tertiary/aromatic N) is 1. The van der Waals surface area contributed by atoms with Gasteiger partial charge in [0, 0.05) is 32.0 Å². The number of hydrogen-bond donors (Lipinski definition) is 2. The van der Waals surface area contributed by atoms with Crippen LogP contribution in [-0.4, -0.2) is 32.5 Å². The first-order chi connectivity index (χ1) is 11.5. The average molecular weight is 329 g/mol. The Hall–Kier alpha value is -2.89. The Morgan fingerprint density at radius 2 is 1.75 bits per heavy atom. The van der Waals surface area contributed by atoms with Crippen LogP contribution in [0.5, 0.6) is 0 Å². The molecule has 2 aromatic carbocycles. The molecule has 0 bridgehead atoms. The largest absolute Gasteiger partial charge is 0.378 e. The van der Waals surface area contributed by atoms with E-state index >= 15 is 0 Å². The maximum atomic E-state index is 13.0. The van der Waals surface area contributed by atoms with Gasteiger partial charge in [-0.3, -0.25) is 9.59 Å². The summed E-state index contributed by atoms with van der Waals surface area (Å²) in [6, 6.07) is 13.3. The second-order valence-electron chi connectivity index (χ2n) is 5.53. The SMILES string of the molecule is CN(C)c1ccc(CCNC(=O)C(=O)Nc2cccc(F)c2)cc1. The van der Waals surface area contributed by atoms with Crippen molar-refractivity contribution in [3.63, 3.8) is 0 Å². The Bertz CT molecular complexity index is 714. The predicted octanol–water partition coefficient (Wildman–Crippen LogP) is 2.19. The maximum Gasteiger partial charge on any atom is 0.313 e. The van der Waals surface area contributed by atoms with Crippen molar-refractivity contribution in [3.8, 4) is 0 Å². The monoisotopic (exact) mass is 329 g/mol. The molecule has 0 heterocycles. The lowest BCUT2D eigenvalue weighted by Gasteiger charge is -2.12. The highest BCUT2D eigenvalue weighted by Crippen LogP contribution is 2.12. The van der Waals surface area contributed by atoms with Gasteiger partial charge in [0.2, 0.25) is 0 Å². The minimum atomic E-state index is -0.816. The van der Waals surface area contributed by atoms with Gasteiger partial charge >= 0.3 is 11.8 Å². The summed E-state index contributed by atoms with van der Waals surface area (Å²) < 4.78 is 13.0. The third-order valence-electron chi connectivity index (χ3n) is 3.44. The van der Waals surface area contributed by atoms with Gasteiger partial charge in [0.15, 0.2) is 0 Å². The van der Waals surface area contributed by atoms with Crippen molar-refractivity contribution in [3.05, 3.63) is 59.9 Å². The molecule has 24 heavy (non-hydrogen) atoms. The van der Waals surface area contributed by atoms with E-state index in [4.69, 9.17) is 0 Å². The van der Waals surface area contributed by atoms with E-state index in [-0.39, 0.29) is 5.69 Å². The molecule has 2 aromatic rings. The van der Waals surface area contributed by atoms with Crippen LogP contribution in [0.3, 0.4) is 0 Å². The Kier molecular flexibility index (Phi) is 5.89. The molecule has 6 heteroatoms. The Morgan fingerprint density at radius 1 is 1.04 bits per heavy atom. The minimum Gasteiger partial charge on any atom is -0.378 e. The van der Waals surface area contributed by atoms with Crippen molar-refractivity contribution in [2.75, 3.05) is 30.9 Å². The lowest BCUT2D eigenvalue weighted by molar-refractivity contribution is -0.136. The number of amides is 2. The third-order valence-corrected chi connectivity index (χ3v) is 3.44. The summed E-state index contributed by atoms with van der Waals surface area (Å²) in [7, 11) is 3.93. The van der Waals surface area contributed by atoms with Gasteiger partial charge < -0.3 is 15.5 Å². The molecule has 0 radical (unpaired) electrons. The van der Waals surface area contributed by atoms with E-state index in [0.29, 0.717) is 13.0 Å². The normalized spacial score (nSPS) is 10.1. The summed E-state index contributed by atoms with van der Waals surface area (Å²) in [6.45, 7) is 0.344. The van der Waals surface area contributed by atoms with Gasteiger partial charge in [0.05, 0.1) is 0 Å². The lowest BCUT2D eigenvalue weighted by Crippen LogP contribution is -2.36. The fraction of sp³-hybridized carbons (Fsp3) is 0.222. The molecule has 0 saturated heterocycles. The number of hydrogen-bond acceptors (Lipinski definition) is 3. The van der Waals surface area contributed by atoms with Crippen molar-refractivity contribution in [2.24, 2.45) is 0 Å². The van der Waals surface area contributed by atoms with Crippen molar-refractivity contribution < 1.29 is 14.0 Å². The Morgan fingerprint density at radius 3 is 2.38 bits per heavy atom. The first kappa shape index (κ1) is 17.5. The standard InChI is InChI=1S/C18H20FN3O2/c1-22(2)16-8-6-13(7-9-16)10-11-20-17(23)18(24)21-15-5-3-4-14(19)12-15/h3-9,12H,10-11H2,1-2H3,(H,20,23)(H,21,24). The molecular weight excluding hydrogens is 309 g/mol. The highest BCUT2D eigenvalue weighted by atomic mass is 19.1. The molecule has 126 valence electrons. The van der Waals surface area contributed by atoms with Gasteiger partial charge in [-0.2, -0.15) is 0 Å². The summed E-state index contributed by atoms with van der Waals surface area (Å²) in [6.07, 6.45) is 0.618. The zero-order valence-electron chi connectivity index (χ0n) is 13.7. The number of halogens is 1. The molecule has 2 rings (SSSR count). The topological polar surface area (TPSA) is 61.4 Å². The lowest BCUT2D eigenvalue weighted by atomic mass is 10.1. The van der Waals surface area contributed by atoms with Gasteiger partial charge in [0.25, 0.3) is 0 Å². The highest BCUT2D eigenvalue weighted by Gasteiger charge is 2.13. The van der Waals surface area contributed by atoms with Gasteiger partial charge in [-0.1, -0.05) is 18.2 Å². The number of anilines is 2. The average Bonchev–Trinajstić information content (AvgIpc) is 2.55. The van der Waals surface area contributed by atoms with Crippen LogP contribution < -0.4 is 15.5 Å². The third kappa shape index (κ3) is 5.08. The second kappa shape index (κ2) is 8.10. The van der Waals surface area contributed by atoms with Crippen LogP contribution in [0.4, 0.5) is 15.8 Å². The molecule has 0 fully saturated rings. The highest BCUT2D eigenvalue weighted by molar-refractivity contribution is 6.39. The van der Waals surface area contributed by atoms with Gasteiger partial charge in [-0.05, 0) is 42.3 Å². The molecule has 0 saturated carbocycles. The summed E-state index contributed by atoms with van der Waals surface area (Å²) in [5.41, 5.74) is 2.40. The fourth-order valence-corrected chi connectivity index (χ4v) is 2.12. The molecular formula is C18H20FN3O2. The predicted molar refractivity (Wildman–Crippen MR) is 92.5 cm³/mol. The van der Waals surface area contributed by atoms with Crippen molar-refractivity contribution >= 4 is 23.2 Å². The number of carbonyl (C=O) groups is 2. The van der Waals surface area contributed by atoms with E-state index in [1.807, 2.05) is 43.3 Å². The molecule has 2 amide bonds. The van der Waals surface area contributed by atoms with Gasteiger partial charge in [-0.25, -0.2) is 4.39 Å². The van der Waals surface area contributed by atoms with Crippen molar-refractivity contribution in [2.45, 2.75) is 6.42 Å². The van der Waals surface area contributed by atoms with Gasteiger partial charge in [-0.15, -0.1) is 0 Å². The van der Waals surface area contributed by atoms with Crippen LogP contribution in [0.2, 0.25) is 0 Å². The van der Waals surface area contributed by atoms with E-state index < -0.39 is 17.6 Å². The number of nitrogens with one attached hydrogen (secondary N) is 2. The molecule has 0 atom stereocenters. The number of carbonyl (C=O) groups excluding carboxylic acids is 2. The number of rotatable bonds is 5. The van der Waals surface area contributed by atoms with E-state index in [0.717, 1.165) is 17.3 Å². The molecule has 0 aliphatic heterocycles. The summed E-state index contributed by atoms with van der Waals surface area (Å²) in [5, 5.41) is 4.90. The first-order valence-electron chi connectivity index (χ1n) is 7.57. The molecule has 0 aliphatic carbocycles. The first-order valence-corrected chi connectivity index (χ1v) is 7.57. The van der Waals surface area contributed by atoms with E-state index in [1.165, 1.54) is 18.2 Å². The van der Waals surface area contributed by atoms with E-state index in [1.54, 1.807) is 0 Å². The maximum absolute atomic E-state index is 13.0. The summed E-state index contributed by atoms with van der Waals surface area (Å²) >= 11 is 0. The Balaban J connectivity index is 1.79. The molecule has 0 aliphatic rings. The zero-order valence-corrected chi connectivity index (χ0v) is 13.7. The van der Waals surface area contributed by atoms with E-state index in [2.05, 4.69) is 10.6 Å². The molecule has 0 spiro atoms. The summed E-state index contributed by atoms with van der Waals surface area (Å²) in [5.74, 6) is -2.04. The van der Waals surface area contributed by atoms with E-state index in [9.17, 15) is 14.0 Å². The van der Waals surface area contributed by atoms with Crippen LogP contribution in [0, 0.1) is 5.82 Å². The minimum absolute atomic E-state index is 0.245. The van der Waals surface area contributed by atoms with Crippen LogP contribution in [0.1, 0.15) is 5.56 Å². The van der Waals surface area contributed by atoms with Crippen LogP contribution in [0.15, 0.2) is 48.5 Å². The zero-order chi connectivity index (χ0) is 17.5. The molecule has 0 unspecified atom stereocenters. The summed E-state index contributed by atoms with van der Waals surface area (Å²) in [4.78, 5) is 25.5. The van der Waals surface area contributed by atoms with Crippen LogP contribution >= 0.6 is 0 Å². The van der Waals surface area contributed by atoms with Crippen molar-refractivity contribution in [1.82, 2.24) is 5.32 Å². The molecule has 0 aromatic heterocycles. The van der Waals surface area contributed by atoms with Crippen molar-refractivity contribution in [1.29, 1.82) is 0 Å². The molecule has 5 nitrogen and oxygen atoms in total. The van der Waals surface area contributed by atoms with Gasteiger partial charge in [0.1, 0.15) is 5.82 Å². The molecule has 2 N–H and O–H groups in total. The Labute approximate surface area is 140 Å². The smallest absolute Gasteiger partial charge is 0.313 e. The van der Waals surface area contributed by atoms with Crippen LogP contribution in [-0.2, 0) is 16.0 Å². The fourth-order valence-electron chi connectivity index (χ4n) is 2.12. The van der Waals surface area contributed by atoms with Crippen LogP contribution in [0.25, 0.3) is 0 Å². The second-order valence-corrected chi connectivity index (χ2v) is 5.53.